The van der Waals surface area contributed by atoms with Gasteiger partial charge in [0.1, 0.15) is 6.54 Å². The first kappa shape index (κ1) is 22.7. The molecule has 1 saturated heterocycles. The summed E-state index contributed by atoms with van der Waals surface area (Å²) < 4.78 is 1.56. The van der Waals surface area contributed by atoms with Crippen molar-refractivity contribution in [2.45, 2.75) is 33.2 Å². The van der Waals surface area contributed by atoms with E-state index in [9.17, 15) is 9.59 Å². The predicted octanol–water partition coefficient (Wildman–Crippen LogP) is 3.19. The molecule has 2 heterocycles. The highest BCUT2D eigenvalue weighted by atomic mass is 16.2. The molecule has 0 N–H and O–H groups in total. The number of carbonyl (C=O) groups is 2. The summed E-state index contributed by atoms with van der Waals surface area (Å²) in [5, 5.41) is 7.98. The van der Waals surface area contributed by atoms with Gasteiger partial charge in [-0.3, -0.25) is 9.59 Å². The molecule has 2 aromatic carbocycles. The van der Waals surface area contributed by atoms with Crippen LogP contribution < -0.4 is 0 Å². The van der Waals surface area contributed by atoms with E-state index in [4.69, 9.17) is 0 Å². The van der Waals surface area contributed by atoms with E-state index in [0.29, 0.717) is 32.6 Å². The molecule has 0 unspecified atom stereocenters. The molecule has 0 aliphatic carbocycles. The normalized spacial score (nSPS) is 16.7. The highest BCUT2D eigenvalue weighted by molar-refractivity contribution is 5.82. The minimum absolute atomic E-state index is 0.0348. The van der Waals surface area contributed by atoms with Crippen LogP contribution in [0, 0.1) is 12.8 Å². The third-order valence-electron chi connectivity index (χ3n) is 6.11. The van der Waals surface area contributed by atoms with Crippen LogP contribution in [0.3, 0.4) is 0 Å². The topological polar surface area (TPSA) is 71.3 Å². The molecule has 0 spiro atoms. The fourth-order valence-electron chi connectivity index (χ4n) is 4.49. The van der Waals surface area contributed by atoms with E-state index in [0.717, 1.165) is 28.8 Å². The molecule has 0 saturated carbocycles. The van der Waals surface area contributed by atoms with Gasteiger partial charge in [0.05, 0.1) is 11.6 Å². The van der Waals surface area contributed by atoms with Crippen LogP contribution in [0.15, 0.2) is 60.8 Å². The molecule has 1 aromatic heterocycles. The van der Waals surface area contributed by atoms with E-state index in [1.54, 1.807) is 10.9 Å². The average molecular weight is 446 g/mol. The number of nitrogens with zero attached hydrogens (tertiary/aromatic N) is 5. The Labute approximate surface area is 195 Å². The second kappa shape index (κ2) is 10.4. The summed E-state index contributed by atoms with van der Waals surface area (Å²) in [6.07, 6.45) is 3.25. The Kier molecular flexibility index (Phi) is 7.17. The van der Waals surface area contributed by atoms with Crippen molar-refractivity contribution in [1.29, 1.82) is 0 Å². The molecule has 1 aliphatic rings. The van der Waals surface area contributed by atoms with Gasteiger partial charge >= 0.3 is 0 Å². The zero-order chi connectivity index (χ0) is 23.2. The van der Waals surface area contributed by atoms with Crippen molar-refractivity contribution in [2.75, 3.05) is 26.2 Å². The number of hydrogen-bond donors (Lipinski definition) is 0. The molecule has 0 bridgehead atoms. The van der Waals surface area contributed by atoms with Gasteiger partial charge in [0.2, 0.25) is 11.8 Å². The van der Waals surface area contributed by atoms with Crippen molar-refractivity contribution in [2.24, 2.45) is 5.92 Å². The number of amides is 2. The lowest BCUT2D eigenvalue weighted by molar-refractivity contribution is -0.135. The maximum absolute atomic E-state index is 13.5. The molecule has 4 rings (SSSR count). The molecular weight excluding hydrogens is 414 g/mol. The molecule has 33 heavy (non-hydrogen) atoms. The third kappa shape index (κ3) is 5.48. The van der Waals surface area contributed by atoms with Gasteiger partial charge < -0.3 is 9.80 Å². The lowest BCUT2D eigenvalue weighted by Crippen LogP contribution is -2.39. The molecule has 7 nitrogen and oxygen atoms in total. The van der Waals surface area contributed by atoms with Gasteiger partial charge in [0.15, 0.2) is 0 Å². The summed E-state index contributed by atoms with van der Waals surface area (Å²) in [5.74, 6) is -0.190. The van der Waals surface area contributed by atoms with Crippen molar-refractivity contribution in [3.8, 4) is 11.1 Å². The average Bonchev–Trinajstić information content (AvgIpc) is 3.17. The second-order valence-corrected chi connectivity index (χ2v) is 8.65. The summed E-state index contributed by atoms with van der Waals surface area (Å²) in [7, 11) is 0. The summed E-state index contributed by atoms with van der Waals surface area (Å²) in [4.78, 5) is 30.3. The maximum atomic E-state index is 13.5. The summed E-state index contributed by atoms with van der Waals surface area (Å²) in [5.41, 5.74) is 4.17. The van der Waals surface area contributed by atoms with E-state index in [1.165, 1.54) is 0 Å². The Morgan fingerprint density at radius 3 is 2.55 bits per heavy atom. The standard InChI is InChI=1S/C26H31N5O2/c1-3-13-29-14-15-30(25(32)19-31-17-20(2)27-28-31)18-23(26(29)33)16-22-11-7-8-12-24(22)21-9-5-4-6-10-21/h4-12,17,23H,3,13-16,18-19H2,1-2H3/t23-/m1/s1. The van der Waals surface area contributed by atoms with E-state index < -0.39 is 0 Å². The predicted molar refractivity (Wildman–Crippen MR) is 127 cm³/mol. The zero-order valence-corrected chi connectivity index (χ0v) is 19.4. The van der Waals surface area contributed by atoms with Crippen molar-refractivity contribution in [3.05, 3.63) is 72.1 Å². The van der Waals surface area contributed by atoms with Crippen LogP contribution >= 0.6 is 0 Å². The lowest BCUT2D eigenvalue weighted by Gasteiger charge is -2.24. The number of benzene rings is 2. The number of carbonyl (C=O) groups excluding carboxylic acids is 2. The van der Waals surface area contributed by atoms with Crippen molar-refractivity contribution < 1.29 is 9.59 Å². The molecule has 1 aliphatic heterocycles. The second-order valence-electron chi connectivity index (χ2n) is 8.65. The van der Waals surface area contributed by atoms with E-state index in [-0.39, 0.29) is 24.3 Å². The monoisotopic (exact) mass is 445 g/mol. The van der Waals surface area contributed by atoms with E-state index >= 15 is 0 Å². The summed E-state index contributed by atoms with van der Waals surface area (Å²) >= 11 is 0. The van der Waals surface area contributed by atoms with Crippen LogP contribution in [-0.4, -0.2) is 62.8 Å². The Hall–Kier alpha value is -3.48. The molecule has 0 radical (unpaired) electrons. The van der Waals surface area contributed by atoms with Crippen molar-refractivity contribution >= 4 is 11.8 Å². The van der Waals surface area contributed by atoms with Crippen LogP contribution in [0.2, 0.25) is 0 Å². The molecule has 3 aromatic rings. The van der Waals surface area contributed by atoms with Gasteiger partial charge in [-0.05, 0) is 36.5 Å². The smallest absolute Gasteiger partial charge is 0.244 e. The van der Waals surface area contributed by atoms with Crippen LogP contribution in [0.25, 0.3) is 11.1 Å². The van der Waals surface area contributed by atoms with Crippen LogP contribution in [-0.2, 0) is 22.6 Å². The van der Waals surface area contributed by atoms with Gasteiger partial charge in [-0.2, -0.15) is 0 Å². The number of aryl methyl sites for hydroxylation is 1. The summed E-state index contributed by atoms with van der Waals surface area (Å²) in [6, 6.07) is 18.5. The number of aromatic nitrogens is 3. The van der Waals surface area contributed by atoms with Gasteiger partial charge in [-0.15, -0.1) is 5.10 Å². The van der Waals surface area contributed by atoms with Crippen molar-refractivity contribution in [3.63, 3.8) is 0 Å². The third-order valence-corrected chi connectivity index (χ3v) is 6.11. The summed E-state index contributed by atoms with van der Waals surface area (Å²) in [6.45, 7) is 6.28. The highest BCUT2D eigenvalue weighted by Crippen LogP contribution is 2.27. The van der Waals surface area contributed by atoms with Crippen LogP contribution in [0.4, 0.5) is 0 Å². The molecular formula is C26H31N5O2. The minimum Gasteiger partial charge on any atom is -0.341 e. The van der Waals surface area contributed by atoms with Gasteiger partial charge in [0, 0.05) is 32.4 Å². The Morgan fingerprint density at radius 1 is 1.06 bits per heavy atom. The molecule has 1 fully saturated rings. The van der Waals surface area contributed by atoms with Crippen molar-refractivity contribution in [1.82, 2.24) is 24.8 Å². The molecule has 172 valence electrons. The largest absolute Gasteiger partial charge is 0.341 e. The lowest BCUT2D eigenvalue weighted by atomic mass is 9.91. The van der Waals surface area contributed by atoms with Gasteiger partial charge in [-0.25, -0.2) is 4.68 Å². The fraction of sp³-hybridized carbons (Fsp3) is 0.385. The van der Waals surface area contributed by atoms with Crippen LogP contribution in [0.5, 0.6) is 0 Å². The molecule has 1 atom stereocenters. The van der Waals surface area contributed by atoms with Gasteiger partial charge in [0.25, 0.3) is 0 Å². The number of hydrogen-bond acceptors (Lipinski definition) is 4. The van der Waals surface area contributed by atoms with Gasteiger partial charge in [-0.1, -0.05) is 66.7 Å². The highest BCUT2D eigenvalue weighted by Gasteiger charge is 2.32. The fourth-order valence-corrected chi connectivity index (χ4v) is 4.49. The Morgan fingerprint density at radius 2 is 1.82 bits per heavy atom. The SMILES string of the molecule is CCCN1CCN(C(=O)Cn2cc(C)nn2)C[C@@H](Cc2ccccc2-c2ccccc2)C1=O. The van der Waals surface area contributed by atoms with Crippen LogP contribution in [0.1, 0.15) is 24.6 Å². The zero-order valence-electron chi connectivity index (χ0n) is 19.4. The number of rotatable bonds is 7. The first-order chi connectivity index (χ1) is 16.0. The quantitative estimate of drug-likeness (QED) is 0.560. The molecule has 7 heteroatoms. The Balaban J connectivity index is 1.58. The Bertz CT molecular complexity index is 1090. The maximum Gasteiger partial charge on any atom is 0.244 e. The van der Waals surface area contributed by atoms with E-state index in [1.807, 2.05) is 47.1 Å². The first-order valence-electron chi connectivity index (χ1n) is 11.6. The molecule has 2 amide bonds. The van der Waals surface area contributed by atoms with E-state index in [2.05, 4.69) is 41.5 Å². The first-order valence-corrected chi connectivity index (χ1v) is 11.6. The minimum atomic E-state index is -0.287.